The molecular formula is C17H15N3O7. The Balaban J connectivity index is 2.34. The predicted octanol–water partition coefficient (Wildman–Crippen LogP) is 1.55. The molecule has 3 N–H and O–H groups in total. The zero-order valence-electron chi connectivity index (χ0n) is 14.0. The number of amides is 2. The van der Waals surface area contributed by atoms with Crippen molar-refractivity contribution in [3.8, 4) is 0 Å². The summed E-state index contributed by atoms with van der Waals surface area (Å²) in [5.74, 6) is -2.96. The highest BCUT2D eigenvalue weighted by Crippen LogP contribution is 2.15. The number of hydrogen-bond acceptors (Lipinski definition) is 6. The number of furan rings is 1. The molecule has 0 radical (unpaired) electrons. The van der Waals surface area contributed by atoms with Crippen molar-refractivity contribution in [3.63, 3.8) is 0 Å². The number of non-ortho nitro benzene ring substituents is 1. The van der Waals surface area contributed by atoms with E-state index in [1.54, 1.807) is 0 Å². The number of nitro groups is 1. The Morgan fingerprint density at radius 3 is 2.59 bits per heavy atom. The Bertz CT molecular complexity index is 903. The van der Waals surface area contributed by atoms with Crippen molar-refractivity contribution >= 4 is 29.5 Å². The van der Waals surface area contributed by atoms with Crippen LogP contribution in [0, 0.1) is 10.1 Å². The molecule has 1 aromatic heterocycles. The molecule has 0 spiro atoms. The van der Waals surface area contributed by atoms with Crippen molar-refractivity contribution in [2.75, 3.05) is 0 Å². The quantitative estimate of drug-likeness (QED) is 0.378. The number of carboxylic acids is 1. The first kappa shape index (κ1) is 19.4. The molecule has 1 unspecified atom stereocenters. The SMILES string of the molecule is CC(NC(=O)/C(=C\c1cccc([N+](=O)[O-])c1)NC(=O)c1ccco1)C(=O)O. The van der Waals surface area contributed by atoms with Gasteiger partial charge in [0.15, 0.2) is 5.76 Å². The van der Waals surface area contributed by atoms with Crippen LogP contribution in [0.3, 0.4) is 0 Å². The second-order valence-electron chi connectivity index (χ2n) is 5.37. The lowest BCUT2D eigenvalue weighted by Crippen LogP contribution is -2.42. The Kier molecular flexibility index (Phi) is 6.05. The number of nitrogens with zero attached hydrogens (tertiary/aromatic N) is 1. The van der Waals surface area contributed by atoms with Crippen LogP contribution in [0.1, 0.15) is 23.0 Å². The molecule has 0 fully saturated rings. The zero-order valence-corrected chi connectivity index (χ0v) is 14.0. The lowest BCUT2D eigenvalue weighted by Gasteiger charge is -2.13. The molecule has 2 aromatic rings. The molecular weight excluding hydrogens is 358 g/mol. The summed E-state index contributed by atoms with van der Waals surface area (Å²) in [4.78, 5) is 45.7. The highest BCUT2D eigenvalue weighted by molar-refractivity contribution is 6.05. The normalized spacial score (nSPS) is 12.1. The van der Waals surface area contributed by atoms with E-state index in [0.717, 1.165) is 0 Å². The second kappa shape index (κ2) is 8.43. The van der Waals surface area contributed by atoms with E-state index in [-0.39, 0.29) is 22.7 Å². The van der Waals surface area contributed by atoms with Crippen LogP contribution in [0.4, 0.5) is 5.69 Å². The minimum absolute atomic E-state index is 0.0703. The van der Waals surface area contributed by atoms with Gasteiger partial charge in [-0.1, -0.05) is 12.1 Å². The number of nitro benzene ring substituents is 1. The summed E-state index contributed by atoms with van der Waals surface area (Å²) in [5, 5.41) is 24.3. The fourth-order valence-corrected chi connectivity index (χ4v) is 1.98. The molecule has 10 heteroatoms. The molecule has 140 valence electrons. The molecule has 27 heavy (non-hydrogen) atoms. The van der Waals surface area contributed by atoms with Gasteiger partial charge in [-0.2, -0.15) is 0 Å². The molecule has 0 saturated heterocycles. The first-order valence-corrected chi connectivity index (χ1v) is 7.62. The number of aliphatic carboxylic acids is 1. The summed E-state index contributed by atoms with van der Waals surface area (Å²) in [6.07, 6.45) is 2.46. The minimum atomic E-state index is -1.27. The van der Waals surface area contributed by atoms with E-state index in [2.05, 4.69) is 10.6 Å². The topological polar surface area (TPSA) is 152 Å². The average Bonchev–Trinajstić information content (AvgIpc) is 3.16. The molecule has 1 atom stereocenters. The highest BCUT2D eigenvalue weighted by Gasteiger charge is 2.20. The maximum absolute atomic E-state index is 12.4. The van der Waals surface area contributed by atoms with E-state index in [9.17, 15) is 24.5 Å². The number of carboxylic acid groups (broad SMARTS) is 1. The van der Waals surface area contributed by atoms with Gasteiger partial charge < -0.3 is 20.2 Å². The molecule has 0 aliphatic heterocycles. The third-order valence-electron chi connectivity index (χ3n) is 3.35. The van der Waals surface area contributed by atoms with Crippen molar-refractivity contribution in [3.05, 3.63) is 69.8 Å². The smallest absolute Gasteiger partial charge is 0.325 e. The fraction of sp³-hybridized carbons (Fsp3) is 0.118. The van der Waals surface area contributed by atoms with Crippen molar-refractivity contribution < 1.29 is 28.8 Å². The summed E-state index contributed by atoms with van der Waals surface area (Å²) >= 11 is 0. The molecule has 2 amide bonds. The lowest BCUT2D eigenvalue weighted by molar-refractivity contribution is -0.384. The molecule has 0 aliphatic rings. The number of carbonyl (C=O) groups excluding carboxylic acids is 2. The van der Waals surface area contributed by atoms with Crippen molar-refractivity contribution in [1.29, 1.82) is 0 Å². The largest absolute Gasteiger partial charge is 0.480 e. The van der Waals surface area contributed by atoms with Gasteiger partial charge in [0.1, 0.15) is 11.7 Å². The first-order valence-electron chi connectivity index (χ1n) is 7.62. The van der Waals surface area contributed by atoms with E-state index in [1.807, 2.05) is 0 Å². The third-order valence-corrected chi connectivity index (χ3v) is 3.35. The maximum Gasteiger partial charge on any atom is 0.325 e. The Hall–Kier alpha value is -3.95. The standard InChI is InChI=1S/C17H15N3O7/c1-10(17(23)24)18-15(21)13(19-16(22)14-6-3-7-27-14)9-11-4-2-5-12(8-11)20(25)26/h2-10H,1H3,(H,18,21)(H,19,22)(H,23,24)/b13-9+. The number of benzene rings is 1. The molecule has 10 nitrogen and oxygen atoms in total. The van der Waals surface area contributed by atoms with Gasteiger partial charge in [-0.25, -0.2) is 0 Å². The van der Waals surface area contributed by atoms with Gasteiger partial charge in [0.2, 0.25) is 0 Å². The van der Waals surface area contributed by atoms with Gasteiger partial charge in [-0.3, -0.25) is 24.5 Å². The fourth-order valence-electron chi connectivity index (χ4n) is 1.98. The van der Waals surface area contributed by atoms with Crippen LogP contribution in [0.2, 0.25) is 0 Å². The van der Waals surface area contributed by atoms with E-state index in [1.165, 1.54) is 55.7 Å². The van der Waals surface area contributed by atoms with Crippen LogP contribution in [0.5, 0.6) is 0 Å². The summed E-state index contributed by atoms with van der Waals surface area (Å²) in [6.45, 7) is 1.25. The Morgan fingerprint density at radius 2 is 2.00 bits per heavy atom. The van der Waals surface area contributed by atoms with Crippen molar-refractivity contribution in [1.82, 2.24) is 10.6 Å². The van der Waals surface area contributed by atoms with Gasteiger partial charge in [0, 0.05) is 12.1 Å². The van der Waals surface area contributed by atoms with Crippen molar-refractivity contribution in [2.24, 2.45) is 0 Å². The van der Waals surface area contributed by atoms with Crippen LogP contribution in [0.25, 0.3) is 6.08 Å². The monoisotopic (exact) mass is 373 g/mol. The molecule has 2 rings (SSSR count). The number of hydrogen-bond donors (Lipinski definition) is 3. The van der Waals surface area contributed by atoms with Crippen LogP contribution >= 0.6 is 0 Å². The van der Waals surface area contributed by atoms with Crippen LogP contribution in [-0.2, 0) is 9.59 Å². The summed E-state index contributed by atoms with van der Waals surface area (Å²) in [5.41, 5.74) is -0.248. The minimum Gasteiger partial charge on any atom is -0.480 e. The van der Waals surface area contributed by atoms with E-state index >= 15 is 0 Å². The van der Waals surface area contributed by atoms with E-state index in [4.69, 9.17) is 9.52 Å². The zero-order chi connectivity index (χ0) is 20.0. The molecule has 1 heterocycles. The van der Waals surface area contributed by atoms with Crippen molar-refractivity contribution in [2.45, 2.75) is 13.0 Å². The highest BCUT2D eigenvalue weighted by atomic mass is 16.6. The number of nitrogens with one attached hydrogen (secondary N) is 2. The van der Waals surface area contributed by atoms with Gasteiger partial charge in [0.25, 0.3) is 17.5 Å². The summed E-state index contributed by atoms with van der Waals surface area (Å²) in [7, 11) is 0. The van der Waals surface area contributed by atoms with Crippen LogP contribution in [0.15, 0.2) is 52.8 Å². The molecule has 1 aromatic carbocycles. The lowest BCUT2D eigenvalue weighted by atomic mass is 10.1. The van der Waals surface area contributed by atoms with E-state index in [0.29, 0.717) is 0 Å². The van der Waals surface area contributed by atoms with E-state index < -0.39 is 28.7 Å². The summed E-state index contributed by atoms with van der Waals surface area (Å²) in [6, 6.07) is 7.00. The number of carbonyl (C=O) groups is 3. The predicted molar refractivity (Wildman–Crippen MR) is 92.5 cm³/mol. The number of rotatable bonds is 7. The van der Waals surface area contributed by atoms with Gasteiger partial charge >= 0.3 is 5.97 Å². The van der Waals surface area contributed by atoms with Crippen LogP contribution in [-0.4, -0.2) is 33.9 Å². The Morgan fingerprint density at radius 1 is 1.26 bits per heavy atom. The summed E-state index contributed by atoms with van der Waals surface area (Å²) < 4.78 is 4.94. The van der Waals surface area contributed by atoms with Gasteiger partial charge in [-0.05, 0) is 30.7 Å². The molecule has 0 aliphatic carbocycles. The Labute approximate surface area is 152 Å². The van der Waals surface area contributed by atoms with Crippen LogP contribution < -0.4 is 10.6 Å². The van der Waals surface area contributed by atoms with Gasteiger partial charge in [0.05, 0.1) is 11.2 Å². The van der Waals surface area contributed by atoms with Gasteiger partial charge in [-0.15, -0.1) is 0 Å². The molecule has 0 bridgehead atoms. The second-order valence-corrected chi connectivity index (χ2v) is 5.37. The third kappa shape index (κ3) is 5.26. The average molecular weight is 373 g/mol. The maximum atomic E-state index is 12.4. The molecule has 0 saturated carbocycles. The first-order chi connectivity index (χ1) is 12.8.